The van der Waals surface area contributed by atoms with E-state index in [-0.39, 0.29) is 11.4 Å². The molecule has 1 aromatic carbocycles. The normalized spacial score (nSPS) is 8.57. The molecule has 0 aliphatic carbocycles. The summed E-state index contributed by atoms with van der Waals surface area (Å²) < 4.78 is 4.82. The van der Waals surface area contributed by atoms with Gasteiger partial charge in [-0.15, -0.1) is 0 Å². The van der Waals surface area contributed by atoms with E-state index in [4.69, 9.17) is 4.74 Å². The molecule has 0 radical (unpaired) electrons. The fraction of sp³-hybridized carbons (Fsp3) is 0. The minimum Gasteiger partial charge on any atom is -0.421 e. The molecule has 0 aliphatic rings. The number of rotatable bonds is 3. The molecule has 70 valence electrons. The van der Waals surface area contributed by atoms with Crippen molar-refractivity contribution >= 4 is 17.7 Å². The predicted octanol–water partition coefficient (Wildman–Crippen LogP) is 1.75. The standard InChI is InChI=1S/C10H7NO3/c1-2-10(13)14-9-6-4-3-5-8(9)11-7-12/h2-6H,1H2. The van der Waals surface area contributed by atoms with Crippen molar-refractivity contribution in [2.45, 2.75) is 0 Å². The van der Waals surface area contributed by atoms with Crippen LogP contribution in [0, 0.1) is 0 Å². The topological polar surface area (TPSA) is 55.7 Å². The number of hydrogen-bond donors (Lipinski definition) is 0. The highest BCUT2D eigenvalue weighted by Crippen LogP contribution is 2.26. The number of aliphatic imine (C=N–C) groups is 1. The smallest absolute Gasteiger partial charge is 0.335 e. The van der Waals surface area contributed by atoms with E-state index in [9.17, 15) is 9.59 Å². The summed E-state index contributed by atoms with van der Waals surface area (Å²) in [6.45, 7) is 3.25. The third kappa shape index (κ3) is 2.40. The van der Waals surface area contributed by atoms with Crippen molar-refractivity contribution < 1.29 is 14.3 Å². The van der Waals surface area contributed by atoms with E-state index in [0.717, 1.165) is 6.08 Å². The number of ether oxygens (including phenoxy) is 1. The number of carbonyl (C=O) groups is 1. The number of nitrogens with zero attached hydrogens (tertiary/aromatic N) is 1. The first kappa shape index (κ1) is 9.89. The van der Waals surface area contributed by atoms with Gasteiger partial charge in [0.15, 0.2) is 5.75 Å². The Labute approximate surface area is 80.5 Å². The number of benzene rings is 1. The Morgan fingerprint density at radius 1 is 1.50 bits per heavy atom. The number of carbonyl (C=O) groups excluding carboxylic acids is 2. The lowest BCUT2D eigenvalue weighted by atomic mass is 10.3. The van der Waals surface area contributed by atoms with Crippen LogP contribution in [0.15, 0.2) is 41.9 Å². The van der Waals surface area contributed by atoms with Crippen LogP contribution in [0.2, 0.25) is 0 Å². The Bertz CT molecular complexity index is 406. The van der Waals surface area contributed by atoms with Crippen molar-refractivity contribution in [1.82, 2.24) is 0 Å². The van der Waals surface area contributed by atoms with Crippen LogP contribution in [0.4, 0.5) is 5.69 Å². The molecule has 1 rings (SSSR count). The maximum atomic E-state index is 10.9. The molecule has 1 aromatic rings. The van der Waals surface area contributed by atoms with Crippen LogP contribution < -0.4 is 4.74 Å². The first-order valence-corrected chi connectivity index (χ1v) is 3.79. The first-order chi connectivity index (χ1) is 6.77. The van der Waals surface area contributed by atoms with Gasteiger partial charge in [0, 0.05) is 6.08 Å². The van der Waals surface area contributed by atoms with E-state index in [1.54, 1.807) is 12.1 Å². The lowest BCUT2D eigenvalue weighted by Crippen LogP contribution is -2.02. The predicted molar refractivity (Wildman–Crippen MR) is 50.1 cm³/mol. The second-order valence-corrected chi connectivity index (χ2v) is 2.30. The lowest BCUT2D eigenvalue weighted by Gasteiger charge is -2.02. The lowest BCUT2D eigenvalue weighted by molar-refractivity contribution is -0.128. The van der Waals surface area contributed by atoms with Crippen molar-refractivity contribution in [2.75, 3.05) is 0 Å². The molecular formula is C10H7NO3. The van der Waals surface area contributed by atoms with Gasteiger partial charge in [-0.2, -0.15) is 4.99 Å². The molecule has 0 spiro atoms. The molecule has 0 N–H and O–H groups in total. The molecule has 4 nitrogen and oxygen atoms in total. The highest BCUT2D eigenvalue weighted by molar-refractivity contribution is 5.84. The zero-order chi connectivity index (χ0) is 10.4. The zero-order valence-electron chi connectivity index (χ0n) is 7.27. The number of para-hydroxylation sites is 2. The summed E-state index contributed by atoms with van der Waals surface area (Å²) in [5, 5.41) is 0. The van der Waals surface area contributed by atoms with Crippen molar-refractivity contribution in [3.63, 3.8) is 0 Å². The van der Waals surface area contributed by atoms with Crippen LogP contribution in [0.3, 0.4) is 0 Å². The highest BCUT2D eigenvalue weighted by Gasteiger charge is 2.04. The second kappa shape index (κ2) is 4.74. The van der Waals surface area contributed by atoms with E-state index < -0.39 is 5.97 Å². The number of hydrogen-bond acceptors (Lipinski definition) is 4. The first-order valence-electron chi connectivity index (χ1n) is 3.79. The minimum atomic E-state index is -0.599. The van der Waals surface area contributed by atoms with E-state index in [1.807, 2.05) is 0 Å². The quantitative estimate of drug-likeness (QED) is 0.239. The zero-order valence-corrected chi connectivity index (χ0v) is 7.27. The van der Waals surface area contributed by atoms with Gasteiger partial charge in [-0.25, -0.2) is 9.59 Å². The maximum absolute atomic E-state index is 10.9. The van der Waals surface area contributed by atoms with Crippen molar-refractivity contribution in [3.05, 3.63) is 36.9 Å². The van der Waals surface area contributed by atoms with Gasteiger partial charge in [0.1, 0.15) is 5.69 Å². The molecular weight excluding hydrogens is 182 g/mol. The van der Waals surface area contributed by atoms with Crippen molar-refractivity contribution in [1.29, 1.82) is 0 Å². The Morgan fingerprint density at radius 3 is 2.86 bits per heavy atom. The third-order valence-corrected chi connectivity index (χ3v) is 1.41. The Kier molecular flexibility index (Phi) is 3.35. The summed E-state index contributed by atoms with van der Waals surface area (Å²) in [6, 6.07) is 6.39. The molecule has 0 aliphatic heterocycles. The summed E-state index contributed by atoms with van der Waals surface area (Å²) in [7, 11) is 0. The van der Waals surface area contributed by atoms with E-state index in [2.05, 4.69) is 11.6 Å². The summed E-state index contributed by atoms with van der Waals surface area (Å²) in [5.74, 6) is -0.390. The largest absolute Gasteiger partial charge is 0.421 e. The Hall–Kier alpha value is -2.19. The maximum Gasteiger partial charge on any atom is 0.335 e. The third-order valence-electron chi connectivity index (χ3n) is 1.41. The summed E-state index contributed by atoms with van der Waals surface area (Å²) in [4.78, 5) is 24.3. The Morgan fingerprint density at radius 2 is 2.21 bits per heavy atom. The van der Waals surface area contributed by atoms with Gasteiger partial charge in [-0.1, -0.05) is 18.7 Å². The SMILES string of the molecule is C=CC(=O)Oc1ccccc1N=C=O. The van der Waals surface area contributed by atoms with E-state index in [0.29, 0.717) is 0 Å². The molecule has 0 unspecified atom stereocenters. The monoisotopic (exact) mass is 189 g/mol. The van der Waals surface area contributed by atoms with Crippen LogP contribution >= 0.6 is 0 Å². The van der Waals surface area contributed by atoms with E-state index in [1.165, 1.54) is 18.2 Å². The second-order valence-electron chi connectivity index (χ2n) is 2.30. The van der Waals surface area contributed by atoms with Gasteiger partial charge in [0.2, 0.25) is 6.08 Å². The fourth-order valence-electron chi connectivity index (χ4n) is 0.835. The molecule has 14 heavy (non-hydrogen) atoms. The minimum absolute atomic E-state index is 0.209. The summed E-state index contributed by atoms with van der Waals surface area (Å²) in [5.41, 5.74) is 0.262. The van der Waals surface area contributed by atoms with Gasteiger partial charge in [-0.05, 0) is 12.1 Å². The van der Waals surface area contributed by atoms with Crippen LogP contribution in [-0.2, 0) is 9.59 Å². The molecule has 0 bridgehead atoms. The van der Waals surface area contributed by atoms with Gasteiger partial charge in [0.25, 0.3) is 0 Å². The molecule has 0 fully saturated rings. The molecule has 0 heterocycles. The molecule has 0 aromatic heterocycles. The van der Waals surface area contributed by atoms with Crippen LogP contribution in [0.1, 0.15) is 0 Å². The number of esters is 1. The van der Waals surface area contributed by atoms with Crippen molar-refractivity contribution in [2.24, 2.45) is 4.99 Å². The molecule has 0 saturated carbocycles. The summed E-state index contributed by atoms with van der Waals surface area (Å²) >= 11 is 0. The molecule has 4 heteroatoms. The van der Waals surface area contributed by atoms with Gasteiger partial charge in [-0.3, -0.25) is 0 Å². The summed E-state index contributed by atoms with van der Waals surface area (Å²) in [6.07, 6.45) is 2.40. The van der Waals surface area contributed by atoms with Gasteiger partial charge >= 0.3 is 5.97 Å². The van der Waals surface area contributed by atoms with Crippen molar-refractivity contribution in [3.8, 4) is 5.75 Å². The van der Waals surface area contributed by atoms with Crippen LogP contribution in [-0.4, -0.2) is 12.0 Å². The highest BCUT2D eigenvalue weighted by atomic mass is 16.5. The number of isocyanates is 1. The molecule has 0 saturated heterocycles. The van der Waals surface area contributed by atoms with Crippen LogP contribution in [0.25, 0.3) is 0 Å². The van der Waals surface area contributed by atoms with Gasteiger partial charge < -0.3 is 4.74 Å². The Balaban J connectivity index is 3.00. The van der Waals surface area contributed by atoms with Crippen LogP contribution in [0.5, 0.6) is 5.75 Å². The average Bonchev–Trinajstić information content (AvgIpc) is 2.21. The van der Waals surface area contributed by atoms with Gasteiger partial charge in [0.05, 0.1) is 0 Å². The fourth-order valence-corrected chi connectivity index (χ4v) is 0.835. The average molecular weight is 189 g/mol. The molecule has 0 amide bonds. The molecule has 0 atom stereocenters. The van der Waals surface area contributed by atoms with E-state index >= 15 is 0 Å².